The Balaban J connectivity index is 2.23. The summed E-state index contributed by atoms with van der Waals surface area (Å²) in [5, 5.41) is 0. The monoisotopic (exact) mass is 289 g/mol. The summed E-state index contributed by atoms with van der Waals surface area (Å²) in [4.78, 5) is 16.8. The van der Waals surface area contributed by atoms with Gasteiger partial charge in [-0.3, -0.25) is 4.79 Å². The number of carbonyl (C=O) groups is 1. The number of hydrogen-bond donors (Lipinski definition) is 1. The molecule has 2 rings (SSSR count). The van der Waals surface area contributed by atoms with Crippen LogP contribution in [0.4, 0.5) is 11.4 Å². The van der Waals surface area contributed by atoms with Gasteiger partial charge in [-0.05, 0) is 31.0 Å². The Labute approximate surface area is 127 Å². The van der Waals surface area contributed by atoms with Crippen molar-refractivity contribution in [1.29, 1.82) is 0 Å². The van der Waals surface area contributed by atoms with Crippen molar-refractivity contribution in [3.8, 4) is 0 Å². The molecule has 1 saturated carbocycles. The first kappa shape index (κ1) is 15.7. The molecule has 4 nitrogen and oxygen atoms in total. The molecule has 0 spiro atoms. The molecule has 1 aliphatic carbocycles. The van der Waals surface area contributed by atoms with Gasteiger partial charge in [0.2, 0.25) is 0 Å². The van der Waals surface area contributed by atoms with E-state index in [2.05, 4.69) is 0 Å². The van der Waals surface area contributed by atoms with Gasteiger partial charge in [0.1, 0.15) is 0 Å². The van der Waals surface area contributed by atoms with E-state index in [-0.39, 0.29) is 5.91 Å². The fourth-order valence-electron chi connectivity index (χ4n) is 3.12. The van der Waals surface area contributed by atoms with Crippen molar-refractivity contribution >= 4 is 17.3 Å². The topological polar surface area (TPSA) is 49.6 Å². The summed E-state index contributed by atoms with van der Waals surface area (Å²) in [5.74, 6) is 0.0814. The van der Waals surface area contributed by atoms with E-state index in [4.69, 9.17) is 5.73 Å². The molecule has 116 valence electrons. The Bertz CT molecular complexity index is 491. The molecule has 0 unspecified atom stereocenters. The second-order valence-electron chi connectivity index (χ2n) is 6.23. The number of hydrogen-bond acceptors (Lipinski definition) is 3. The number of carbonyl (C=O) groups excluding carboxylic acids is 1. The van der Waals surface area contributed by atoms with E-state index in [0.717, 1.165) is 18.5 Å². The number of benzene rings is 1. The smallest absolute Gasteiger partial charge is 0.256 e. The lowest BCUT2D eigenvalue weighted by Crippen LogP contribution is -2.37. The number of nitrogens with two attached hydrogens (primary N) is 1. The van der Waals surface area contributed by atoms with Crippen LogP contribution in [0.2, 0.25) is 0 Å². The quantitative estimate of drug-likeness (QED) is 0.687. The average molecular weight is 289 g/mol. The first-order valence-corrected chi connectivity index (χ1v) is 7.84. The normalized spacial score (nSPS) is 16.3. The van der Waals surface area contributed by atoms with Crippen LogP contribution in [-0.2, 0) is 0 Å². The predicted molar refractivity (Wildman–Crippen MR) is 88.8 cm³/mol. The molecule has 21 heavy (non-hydrogen) atoms. The minimum absolute atomic E-state index is 0.0814. The molecule has 0 aromatic heterocycles. The van der Waals surface area contributed by atoms with Crippen LogP contribution in [0.15, 0.2) is 18.2 Å². The van der Waals surface area contributed by atoms with Crippen LogP contribution in [0, 0.1) is 0 Å². The van der Waals surface area contributed by atoms with Crippen molar-refractivity contribution in [3.63, 3.8) is 0 Å². The van der Waals surface area contributed by atoms with Crippen molar-refractivity contribution < 1.29 is 4.79 Å². The van der Waals surface area contributed by atoms with Gasteiger partial charge in [0.15, 0.2) is 0 Å². The van der Waals surface area contributed by atoms with Gasteiger partial charge in [0.05, 0.1) is 5.56 Å². The van der Waals surface area contributed by atoms with Gasteiger partial charge in [-0.25, -0.2) is 0 Å². The third-order valence-corrected chi connectivity index (χ3v) is 4.43. The van der Waals surface area contributed by atoms with E-state index in [9.17, 15) is 4.79 Å². The first-order valence-electron chi connectivity index (χ1n) is 7.84. The molecular formula is C17H27N3O. The van der Waals surface area contributed by atoms with Crippen LogP contribution >= 0.6 is 0 Å². The largest absolute Gasteiger partial charge is 0.399 e. The van der Waals surface area contributed by atoms with E-state index in [0.29, 0.717) is 17.3 Å². The van der Waals surface area contributed by atoms with E-state index in [1.807, 2.05) is 43.1 Å². The Hall–Kier alpha value is -1.71. The van der Waals surface area contributed by atoms with Gasteiger partial charge in [-0.1, -0.05) is 25.7 Å². The standard InChI is InChI=1S/C17H27N3O/c1-19(2)16-11-10-13(18)12-15(16)17(21)20(3)14-8-6-4-5-7-9-14/h10-12,14H,4-9,18H2,1-3H3. The molecule has 1 amide bonds. The molecule has 2 N–H and O–H groups in total. The van der Waals surface area contributed by atoms with Crippen molar-refractivity contribution in [2.24, 2.45) is 0 Å². The summed E-state index contributed by atoms with van der Waals surface area (Å²) < 4.78 is 0. The zero-order valence-corrected chi connectivity index (χ0v) is 13.4. The molecule has 1 aromatic rings. The van der Waals surface area contributed by atoms with Gasteiger partial charge in [-0.2, -0.15) is 0 Å². The van der Waals surface area contributed by atoms with Crippen molar-refractivity contribution in [2.75, 3.05) is 31.8 Å². The summed E-state index contributed by atoms with van der Waals surface area (Å²) in [6.07, 6.45) is 7.25. The molecule has 0 bridgehead atoms. The lowest BCUT2D eigenvalue weighted by atomic mass is 10.0. The zero-order valence-electron chi connectivity index (χ0n) is 13.4. The van der Waals surface area contributed by atoms with Gasteiger partial charge in [-0.15, -0.1) is 0 Å². The van der Waals surface area contributed by atoms with Gasteiger partial charge < -0.3 is 15.5 Å². The first-order chi connectivity index (χ1) is 10.0. The lowest BCUT2D eigenvalue weighted by Gasteiger charge is -2.29. The molecule has 4 heteroatoms. The minimum Gasteiger partial charge on any atom is -0.399 e. The molecule has 1 aromatic carbocycles. The van der Waals surface area contributed by atoms with Crippen LogP contribution in [-0.4, -0.2) is 38.0 Å². The maximum atomic E-state index is 12.9. The van der Waals surface area contributed by atoms with Crippen LogP contribution in [0.3, 0.4) is 0 Å². The Morgan fingerprint density at radius 1 is 1.10 bits per heavy atom. The maximum Gasteiger partial charge on any atom is 0.256 e. The highest BCUT2D eigenvalue weighted by molar-refractivity contribution is 6.00. The van der Waals surface area contributed by atoms with E-state index >= 15 is 0 Å². The van der Waals surface area contributed by atoms with Gasteiger partial charge in [0.25, 0.3) is 5.91 Å². The summed E-state index contributed by atoms with van der Waals surface area (Å²) in [5.41, 5.74) is 8.14. The average Bonchev–Trinajstić information content (AvgIpc) is 2.74. The van der Waals surface area contributed by atoms with E-state index < -0.39 is 0 Å². The number of anilines is 2. The lowest BCUT2D eigenvalue weighted by molar-refractivity contribution is 0.0718. The molecule has 1 aliphatic rings. The second kappa shape index (κ2) is 6.83. The highest BCUT2D eigenvalue weighted by Gasteiger charge is 2.24. The summed E-state index contributed by atoms with van der Waals surface area (Å²) in [6, 6.07) is 5.92. The van der Waals surface area contributed by atoms with Crippen LogP contribution in [0.5, 0.6) is 0 Å². The highest BCUT2D eigenvalue weighted by atomic mass is 16.2. The second-order valence-corrected chi connectivity index (χ2v) is 6.23. The van der Waals surface area contributed by atoms with Crippen LogP contribution in [0.1, 0.15) is 48.9 Å². The van der Waals surface area contributed by atoms with Gasteiger partial charge >= 0.3 is 0 Å². The Morgan fingerprint density at radius 3 is 2.29 bits per heavy atom. The predicted octanol–water partition coefficient (Wildman–Crippen LogP) is 3.13. The van der Waals surface area contributed by atoms with Crippen molar-refractivity contribution in [3.05, 3.63) is 23.8 Å². The maximum absolute atomic E-state index is 12.9. The third kappa shape index (κ3) is 3.69. The molecule has 0 radical (unpaired) electrons. The summed E-state index contributed by atoms with van der Waals surface area (Å²) in [7, 11) is 5.84. The summed E-state index contributed by atoms with van der Waals surface area (Å²) >= 11 is 0. The SMILES string of the molecule is CN(C)c1ccc(N)cc1C(=O)N(C)C1CCCCCC1. The molecule has 0 aliphatic heterocycles. The van der Waals surface area contributed by atoms with E-state index in [1.165, 1.54) is 25.7 Å². The van der Waals surface area contributed by atoms with Gasteiger partial charge in [0, 0.05) is 38.6 Å². The fraction of sp³-hybridized carbons (Fsp3) is 0.588. The number of amides is 1. The number of nitrogens with zero attached hydrogens (tertiary/aromatic N) is 2. The fourth-order valence-corrected chi connectivity index (χ4v) is 3.12. The van der Waals surface area contributed by atoms with E-state index in [1.54, 1.807) is 6.07 Å². The zero-order chi connectivity index (χ0) is 15.4. The molecule has 1 fully saturated rings. The molecule has 0 atom stereocenters. The number of nitrogen functional groups attached to an aromatic ring is 1. The molecule has 0 saturated heterocycles. The van der Waals surface area contributed by atoms with Crippen LogP contribution < -0.4 is 10.6 Å². The minimum atomic E-state index is 0.0814. The Morgan fingerprint density at radius 2 is 1.71 bits per heavy atom. The highest BCUT2D eigenvalue weighted by Crippen LogP contribution is 2.26. The van der Waals surface area contributed by atoms with Crippen LogP contribution in [0.25, 0.3) is 0 Å². The number of rotatable bonds is 3. The Kier molecular flexibility index (Phi) is 5.10. The third-order valence-electron chi connectivity index (χ3n) is 4.43. The summed E-state index contributed by atoms with van der Waals surface area (Å²) in [6.45, 7) is 0. The van der Waals surface area contributed by atoms with Crippen molar-refractivity contribution in [2.45, 2.75) is 44.6 Å². The van der Waals surface area contributed by atoms with Crippen molar-refractivity contribution in [1.82, 2.24) is 4.90 Å². The molecular weight excluding hydrogens is 262 g/mol. The molecule has 0 heterocycles.